The summed E-state index contributed by atoms with van der Waals surface area (Å²) in [4.78, 5) is 15.6. The monoisotopic (exact) mass is 282 g/mol. The highest BCUT2D eigenvalue weighted by molar-refractivity contribution is 6.00. The first-order valence-corrected chi connectivity index (χ1v) is 6.35. The molecule has 3 N–H and O–H groups in total. The minimum absolute atomic E-state index is 0.183. The fraction of sp³-hybridized carbons (Fsp3) is 0.0714. The summed E-state index contributed by atoms with van der Waals surface area (Å²) in [5, 5.41) is 0.663. The highest BCUT2D eigenvalue weighted by Crippen LogP contribution is 2.32. The van der Waals surface area contributed by atoms with Crippen molar-refractivity contribution in [3.05, 3.63) is 36.5 Å². The van der Waals surface area contributed by atoms with Gasteiger partial charge >= 0.3 is 0 Å². The van der Waals surface area contributed by atoms with Crippen molar-refractivity contribution in [3.63, 3.8) is 0 Å². The number of H-pyrrole nitrogens is 1. The van der Waals surface area contributed by atoms with E-state index >= 15 is 0 Å². The number of nitrogen functional groups attached to an aromatic ring is 1. The zero-order chi connectivity index (χ0) is 14.6. The number of fused-ring (bicyclic) bond motifs is 2. The van der Waals surface area contributed by atoms with E-state index in [0.29, 0.717) is 16.7 Å². The van der Waals surface area contributed by atoms with Gasteiger partial charge in [0.2, 0.25) is 5.95 Å². The number of halogens is 1. The van der Waals surface area contributed by atoms with Crippen molar-refractivity contribution in [2.24, 2.45) is 7.05 Å². The number of nitrogens with zero attached hydrogens (tertiary/aromatic N) is 4. The summed E-state index contributed by atoms with van der Waals surface area (Å²) in [7, 11) is 1.90. The molecular weight excluding hydrogens is 271 g/mol. The van der Waals surface area contributed by atoms with Crippen molar-refractivity contribution in [2.45, 2.75) is 0 Å². The van der Waals surface area contributed by atoms with Gasteiger partial charge in [-0.1, -0.05) is 0 Å². The number of rotatable bonds is 1. The lowest BCUT2D eigenvalue weighted by atomic mass is 10.1. The van der Waals surface area contributed by atoms with E-state index in [2.05, 4.69) is 19.9 Å². The molecule has 0 saturated heterocycles. The van der Waals surface area contributed by atoms with Crippen LogP contribution in [0, 0.1) is 5.82 Å². The Labute approximate surface area is 118 Å². The fourth-order valence-electron chi connectivity index (χ4n) is 2.57. The molecule has 0 fully saturated rings. The third-order valence-corrected chi connectivity index (χ3v) is 3.49. The van der Waals surface area contributed by atoms with E-state index in [9.17, 15) is 4.39 Å². The fourth-order valence-corrected chi connectivity index (χ4v) is 2.57. The van der Waals surface area contributed by atoms with Crippen molar-refractivity contribution in [1.29, 1.82) is 0 Å². The molecule has 0 atom stereocenters. The molecule has 0 radical (unpaired) electrons. The van der Waals surface area contributed by atoms with Crippen molar-refractivity contribution in [3.8, 4) is 11.3 Å². The van der Waals surface area contributed by atoms with Crippen molar-refractivity contribution < 1.29 is 4.39 Å². The zero-order valence-electron chi connectivity index (χ0n) is 11.1. The van der Waals surface area contributed by atoms with Gasteiger partial charge in [-0.05, 0) is 12.1 Å². The summed E-state index contributed by atoms with van der Waals surface area (Å²) in [6.45, 7) is 0. The molecule has 0 aliphatic carbocycles. The molecule has 0 aliphatic rings. The smallest absolute Gasteiger partial charge is 0.221 e. The molecule has 104 valence electrons. The van der Waals surface area contributed by atoms with E-state index in [0.717, 1.165) is 16.6 Å². The Kier molecular flexibility index (Phi) is 2.26. The molecule has 0 aromatic carbocycles. The van der Waals surface area contributed by atoms with Gasteiger partial charge in [0.1, 0.15) is 17.2 Å². The number of hydrogen-bond acceptors (Lipinski definition) is 4. The second-order valence-electron chi connectivity index (χ2n) is 4.84. The standard InChI is InChI=1S/C14H11FN6/c1-21-3-2-10-12(21)11(20-14(16)19-10)9-6-18-13-8(9)4-7(15)5-17-13/h2-6H,1H3,(H,17,18)(H2,16,19,20). The number of aryl methyl sites for hydroxylation is 1. The first-order chi connectivity index (χ1) is 10.1. The Bertz CT molecular complexity index is 984. The van der Waals surface area contributed by atoms with Crippen LogP contribution >= 0.6 is 0 Å². The Balaban J connectivity index is 2.13. The van der Waals surface area contributed by atoms with Crippen LogP contribution in [0.25, 0.3) is 33.3 Å². The lowest BCUT2D eigenvalue weighted by Crippen LogP contribution is -1.99. The number of pyridine rings is 1. The van der Waals surface area contributed by atoms with E-state index in [1.165, 1.54) is 12.3 Å². The van der Waals surface area contributed by atoms with E-state index in [4.69, 9.17) is 5.73 Å². The highest BCUT2D eigenvalue weighted by Gasteiger charge is 2.16. The maximum Gasteiger partial charge on any atom is 0.221 e. The molecule has 0 aliphatic heterocycles. The minimum atomic E-state index is -0.395. The normalized spacial score (nSPS) is 11.5. The number of hydrogen-bond donors (Lipinski definition) is 2. The predicted octanol–water partition coefficient (Wildman–Crippen LogP) is 2.23. The van der Waals surface area contributed by atoms with Crippen LogP contribution in [0.4, 0.5) is 10.3 Å². The summed E-state index contributed by atoms with van der Waals surface area (Å²) >= 11 is 0. The zero-order valence-corrected chi connectivity index (χ0v) is 11.1. The lowest BCUT2D eigenvalue weighted by molar-refractivity contribution is 0.624. The topological polar surface area (TPSA) is 85.4 Å². The summed E-state index contributed by atoms with van der Waals surface area (Å²) in [5.74, 6) is -0.212. The second-order valence-corrected chi connectivity index (χ2v) is 4.84. The van der Waals surface area contributed by atoms with Crippen LogP contribution in [-0.2, 0) is 7.05 Å². The molecule has 4 heterocycles. The molecule has 0 spiro atoms. The summed E-state index contributed by atoms with van der Waals surface area (Å²) in [5.41, 5.74) is 9.38. The quantitative estimate of drug-likeness (QED) is 0.560. The first kappa shape index (κ1) is 11.8. The maximum atomic E-state index is 13.5. The van der Waals surface area contributed by atoms with Crippen LogP contribution in [0.1, 0.15) is 0 Å². The molecule has 4 aromatic rings. The molecule has 0 unspecified atom stereocenters. The number of aromatic amines is 1. The van der Waals surface area contributed by atoms with Gasteiger partial charge in [0.25, 0.3) is 0 Å². The maximum absolute atomic E-state index is 13.5. The molecule has 4 rings (SSSR count). The van der Waals surface area contributed by atoms with E-state index in [1.807, 2.05) is 23.9 Å². The Hall–Kier alpha value is -2.96. The molecule has 0 amide bonds. The number of nitrogens with one attached hydrogen (secondary N) is 1. The van der Waals surface area contributed by atoms with Gasteiger partial charge in [0, 0.05) is 30.4 Å². The third kappa shape index (κ3) is 1.67. The molecular formula is C14H11FN6. The highest BCUT2D eigenvalue weighted by atomic mass is 19.1. The average Bonchev–Trinajstić information content (AvgIpc) is 3.02. The van der Waals surface area contributed by atoms with Gasteiger partial charge in [0.15, 0.2) is 0 Å². The Morgan fingerprint density at radius 2 is 2.19 bits per heavy atom. The SMILES string of the molecule is Cn1ccc2nc(N)nc(-c3c[nH]c4ncc(F)cc34)c21. The molecule has 4 aromatic heterocycles. The van der Waals surface area contributed by atoms with Crippen molar-refractivity contribution in [2.75, 3.05) is 5.73 Å². The van der Waals surface area contributed by atoms with Crippen LogP contribution in [-0.4, -0.2) is 24.5 Å². The van der Waals surface area contributed by atoms with Crippen molar-refractivity contribution >= 4 is 28.0 Å². The number of nitrogens with two attached hydrogens (primary N) is 1. The summed E-state index contributed by atoms with van der Waals surface area (Å²) < 4.78 is 15.4. The average molecular weight is 282 g/mol. The minimum Gasteiger partial charge on any atom is -0.368 e. The van der Waals surface area contributed by atoms with E-state index < -0.39 is 5.82 Å². The van der Waals surface area contributed by atoms with Crippen LogP contribution in [0.2, 0.25) is 0 Å². The van der Waals surface area contributed by atoms with Crippen molar-refractivity contribution in [1.82, 2.24) is 24.5 Å². The van der Waals surface area contributed by atoms with E-state index in [-0.39, 0.29) is 5.95 Å². The molecule has 0 saturated carbocycles. The van der Waals surface area contributed by atoms with E-state index in [1.54, 1.807) is 6.20 Å². The van der Waals surface area contributed by atoms with Crippen LogP contribution in [0.3, 0.4) is 0 Å². The summed E-state index contributed by atoms with van der Waals surface area (Å²) in [6, 6.07) is 3.30. The molecule has 6 nitrogen and oxygen atoms in total. The largest absolute Gasteiger partial charge is 0.368 e. The summed E-state index contributed by atoms with van der Waals surface area (Å²) in [6.07, 6.45) is 4.82. The molecule has 21 heavy (non-hydrogen) atoms. The van der Waals surface area contributed by atoms with Gasteiger partial charge in [-0.3, -0.25) is 0 Å². The van der Waals surface area contributed by atoms with Gasteiger partial charge in [-0.25, -0.2) is 19.3 Å². The third-order valence-electron chi connectivity index (χ3n) is 3.49. The predicted molar refractivity (Wildman–Crippen MR) is 78.0 cm³/mol. The first-order valence-electron chi connectivity index (χ1n) is 6.35. The van der Waals surface area contributed by atoms with Gasteiger partial charge < -0.3 is 15.3 Å². The number of anilines is 1. The van der Waals surface area contributed by atoms with Gasteiger partial charge in [0.05, 0.1) is 17.2 Å². The van der Waals surface area contributed by atoms with Gasteiger partial charge in [-0.2, -0.15) is 0 Å². The van der Waals surface area contributed by atoms with Crippen LogP contribution in [0.5, 0.6) is 0 Å². The molecule has 7 heteroatoms. The lowest BCUT2D eigenvalue weighted by Gasteiger charge is -2.05. The van der Waals surface area contributed by atoms with Gasteiger partial charge in [-0.15, -0.1) is 0 Å². The molecule has 0 bridgehead atoms. The van der Waals surface area contributed by atoms with Crippen LogP contribution in [0.15, 0.2) is 30.7 Å². The Morgan fingerprint density at radius 1 is 1.33 bits per heavy atom. The number of aromatic nitrogens is 5. The van der Waals surface area contributed by atoms with Crippen LogP contribution < -0.4 is 5.73 Å². The second kappa shape index (κ2) is 4.02. The Morgan fingerprint density at radius 3 is 3.05 bits per heavy atom.